The molecule has 2 heteroatoms. The van der Waals surface area contributed by atoms with Gasteiger partial charge in [0.2, 0.25) is 0 Å². The molecule has 0 heterocycles. The van der Waals surface area contributed by atoms with E-state index in [2.05, 4.69) is 63.8 Å². The Balaban J connectivity index is 2.01. The van der Waals surface area contributed by atoms with Crippen molar-refractivity contribution in [3.8, 4) is 28.0 Å². The zero-order valence-electron chi connectivity index (χ0n) is 15.0. The number of rotatable bonds is 3. The number of aromatic hydroxyl groups is 1. The summed E-state index contributed by atoms with van der Waals surface area (Å²) >= 11 is 0. The lowest BCUT2D eigenvalue weighted by atomic mass is 9.78. The molecule has 3 aromatic rings. The fourth-order valence-corrected chi connectivity index (χ4v) is 4.65. The van der Waals surface area contributed by atoms with E-state index >= 15 is 0 Å². The maximum absolute atomic E-state index is 10.7. The van der Waals surface area contributed by atoms with Crippen LogP contribution in [0.2, 0.25) is 0 Å². The van der Waals surface area contributed by atoms with Gasteiger partial charge in [0.15, 0.2) is 0 Å². The van der Waals surface area contributed by atoms with Crippen LogP contribution in [0.1, 0.15) is 43.6 Å². The minimum Gasteiger partial charge on any atom is -0.507 e. The maximum atomic E-state index is 10.7. The molecule has 1 saturated carbocycles. The second-order valence-electron chi connectivity index (χ2n) is 7.22. The highest BCUT2D eigenvalue weighted by Gasteiger charge is 2.24. The Morgan fingerprint density at radius 2 is 1.27 bits per heavy atom. The van der Waals surface area contributed by atoms with E-state index in [-0.39, 0.29) is 0 Å². The smallest absolute Gasteiger partial charge is 0.123 e. The molecule has 0 spiro atoms. The SMILES string of the molecule is Oc1cc(C2CCCCC2)c(-c2ccccc2)c(-c2ccccc2)c1P. The van der Waals surface area contributed by atoms with E-state index in [9.17, 15) is 5.11 Å². The lowest BCUT2D eigenvalue weighted by molar-refractivity contribution is 0.440. The second-order valence-corrected chi connectivity index (χ2v) is 7.79. The number of phenolic OH excluding ortho intramolecular Hbond substituents is 1. The Labute approximate surface area is 158 Å². The molecule has 0 amide bonds. The van der Waals surface area contributed by atoms with Crippen molar-refractivity contribution in [1.82, 2.24) is 0 Å². The molecule has 1 fully saturated rings. The van der Waals surface area contributed by atoms with Gasteiger partial charge in [-0.2, -0.15) is 0 Å². The average Bonchev–Trinajstić information content (AvgIpc) is 2.71. The Bertz CT molecular complexity index is 881. The third-order valence-electron chi connectivity index (χ3n) is 5.55. The molecule has 132 valence electrons. The van der Waals surface area contributed by atoms with E-state index in [0.717, 1.165) is 16.4 Å². The van der Waals surface area contributed by atoms with Crippen LogP contribution in [0, 0.1) is 0 Å². The van der Waals surface area contributed by atoms with Crippen LogP contribution in [0.3, 0.4) is 0 Å². The zero-order chi connectivity index (χ0) is 17.9. The first-order chi connectivity index (χ1) is 12.8. The molecule has 1 unspecified atom stereocenters. The summed E-state index contributed by atoms with van der Waals surface area (Å²) < 4.78 is 0. The van der Waals surface area contributed by atoms with Crippen LogP contribution in [0.25, 0.3) is 22.3 Å². The van der Waals surface area contributed by atoms with Gasteiger partial charge < -0.3 is 5.11 Å². The largest absolute Gasteiger partial charge is 0.507 e. The topological polar surface area (TPSA) is 20.2 Å². The quantitative estimate of drug-likeness (QED) is 0.545. The van der Waals surface area contributed by atoms with E-state index in [1.807, 2.05) is 12.1 Å². The van der Waals surface area contributed by atoms with Crippen molar-refractivity contribution in [2.75, 3.05) is 0 Å². The molecule has 1 N–H and O–H groups in total. The lowest BCUT2D eigenvalue weighted by Gasteiger charge is -2.27. The van der Waals surface area contributed by atoms with Crippen LogP contribution >= 0.6 is 9.24 Å². The predicted molar refractivity (Wildman–Crippen MR) is 114 cm³/mol. The first kappa shape index (κ1) is 17.3. The number of benzene rings is 3. The van der Waals surface area contributed by atoms with Gasteiger partial charge in [-0.1, -0.05) is 79.9 Å². The van der Waals surface area contributed by atoms with Gasteiger partial charge in [0.25, 0.3) is 0 Å². The van der Waals surface area contributed by atoms with Crippen LogP contribution < -0.4 is 5.30 Å². The van der Waals surface area contributed by atoms with Gasteiger partial charge in [0.1, 0.15) is 5.75 Å². The van der Waals surface area contributed by atoms with Gasteiger partial charge >= 0.3 is 0 Å². The highest BCUT2D eigenvalue weighted by molar-refractivity contribution is 7.28. The van der Waals surface area contributed by atoms with E-state index in [4.69, 9.17) is 0 Å². The average molecular weight is 360 g/mol. The normalized spacial score (nSPS) is 15.1. The van der Waals surface area contributed by atoms with Gasteiger partial charge in [-0.3, -0.25) is 0 Å². The predicted octanol–water partition coefficient (Wildman–Crippen LogP) is 6.27. The van der Waals surface area contributed by atoms with Crippen LogP contribution in [-0.2, 0) is 0 Å². The van der Waals surface area contributed by atoms with E-state index < -0.39 is 0 Å². The maximum Gasteiger partial charge on any atom is 0.123 e. The molecule has 0 aliphatic heterocycles. The van der Waals surface area contributed by atoms with Gasteiger partial charge in [0, 0.05) is 10.9 Å². The first-order valence-electron chi connectivity index (χ1n) is 9.52. The van der Waals surface area contributed by atoms with Crippen LogP contribution in [0.4, 0.5) is 0 Å². The molecule has 0 radical (unpaired) electrons. The Morgan fingerprint density at radius 3 is 1.85 bits per heavy atom. The third kappa shape index (κ3) is 3.29. The monoisotopic (exact) mass is 360 g/mol. The van der Waals surface area contributed by atoms with Crippen LogP contribution in [0.15, 0.2) is 66.7 Å². The molecule has 1 atom stereocenters. The summed E-state index contributed by atoms with van der Waals surface area (Å²) in [5, 5.41) is 11.6. The van der Waals surface area contributed by atoms with Crippen molar-refractivity contribution < 1.29 is 5.11 Å². The molecule has 1 aliphatic carbocycles. The van der Waals surface area contributed by atoms with E-state index in [1.54, 1.807) is 0 Å². The minimum absolute atomic E-state index is 0.383. The first-order valence-corrected chi connectivity index (χ1v) is 10.1. The Hall–Kier alpha value is -2.11. The van der Waals surface area contributed by atoms with Gasteiger partial charge in [0.05, 0.1) is 0 Å². The van der Waals surface area contributed by atoms with Crippen molar-refractivity contribution in [2.45, 2.75) is 38.0 Å². The molecular formula is C24H25OP. The summed E-state index contributed by atoms with van der Waals surface area (Å²) in [5.41, 5.74) is 6.12. The van der Waals surface area contributed by atoms with E-state index in [1.165, 1.54) is 48.8 Å². The third-order valence-corrected chi connectivity index (χ3v) is 6.13. The highest BCUT2D eigenvalue weighted by Crippen LogP contribution is 2.44. The number of hydrogen-bond donors (Lipinski definition) is 1. The van der Waals surface area contributed by atoms with Gasteiger partial charge in [-0.05, 0) is 47.1 Å². The van der Waals surface area contributed by atoms with E-state index in [0.29, 0.717) is 11.7 Å². The van der Waals surface area contributed by atoms with Gasteiger partial charge in [-0.15, -0.1) is 9.24 Å². The molecule has 4 rings (SSSR count). The van der Waals surface area contributed by atoms with Crippen LogP contribution in [0.5, 0.6) is 5.75 Å². The van der Waals surface area contributed by atoms with Crippen molar-refractivity contribution in [3.05, 3.63) is 72.3 Å². The molecule has 1 nitrogen and oxygen atoms in total. The van der Waals surface area contributed by atoms with Crippen molar-refractivity contribution >= 4 is 14.5 Å². The fourth-order valence-electron chi connectivity index (χ4n) is 4.26. The number of phenols is 1. The summed E-state index contributed by atoms with van der Waals surface area (Å²) in [5.74, 6) is 0.909. The number of hydrogen-bond acceptors (Lipinski definition) is 1. The summed E-state index contributed by atoms with van der Waals surface area (Å²) in [7, 11) is 2.76. The van der Waals surface area contributed by atoms with Crippen molar-refractivity contribution in [3.63, 3.8) is 0 Å². The molecule has 0 saturated heterocycles. The zero-order valence-corrected chi connectivity index (χ0v) is 16.1. The summed E-state index contributed by atoms with van der Waals surface area (Å²) in [4.78, 5) is 0. The summed E-state index contributed by atoms with van der Waals surface area (Å²) in [6.07, 6.45) is 6.32. The highest BCUT2D eigenvalue weighted by atomic mass is 31.0. The summed E-state index contributed by atoms with van der Waals surface area (Å²) in [6.45, 7) is 0. The lowest BCUT2D eigenvalue weighted by Crippen LogP contribution is -2.11. The van der Waals surface area contributed by atoms with Gasteiger partial charge in [-0.25, -0.2) is 0 Å². The molecule has 26 heavy (non-hydrogen) atoms. The Kier molecular flexibility index (Phi) is 5.09. The Morgan fingerprint density at radius 1 is 0.731 bits per heavy atom. The molecule has 0 bridgehead atoms. The standard InChI is InChI=1S/C24H25OP/c25-21-16-20(17-10-4-1-5-11-17)22(18-12-6-2-7-13-18)23(24(21)26)19-14-8-3-9-15-19/h2-3,6-9,12-17,25H,1,4-5,10-11,26H2. The van der Waals surface area contributed by atoms with Crippen molar-refractivity contribution in [2.24, 2.45) is 0 Å². The molecule has 0 aromatic heterocycles. The second kappa shape index (κ2) is 7.64. The summed E-state index contributed by atoms with van der Waals surface area (Å²) in [6, 6.07) is 23.1. The minimum atomic E-state index is 0.383. The molecular weight excluding hydrogens is 335 g/mol. The fraction of sp³-hybridized carbons (Fsp3) is 0.250. The van der Waals surface area contributed by atoms with Crippen molar-refractivity contribution in [1.29, 1.82) is 0 Å². The molecule has 3 aromatic carbocycles. The molecule has 1 aliphatic rings. The van der Waals surface area contributed by atoms with Crippen LogP contribution in [-0.4, -0.2) is 5.11 Å².